The van der Waals surface area contributed by atoms with Gasteiger partial charge in [0, 0.05) is 12.0 Å². The summed E-state index contributed by atoms with van der Waals surface area (Å²) in [7, 11) is 0. The third kappa shape index (κ3) is 4.20. The number of benzene rings is 1. The maximum absolute atomic E-state index is 12.3. The zero-order chi connectivity index (χ0) is 16.8. The van der Waals surface area contributed by atoms with Gasteiger partial charge in [-0.3, -0.25) is 4.79 Å². The highest BCUT2D eigenvalue weighted by atomic mass is 16.5. The second-order valence-corrected chi connectivity index (χ2v) is 5.73. The number of rotatable bonds is 7. The summed E-state index contributed by atoms with van der Waals surface area (Å²) in [5.41, 5.74) is 2.84. The largest absolute Gasteiger partial charge is 0.394 e. The van der Waals surface area contributed by atoms with E-state index in [-0.39, 0.29) is 24.2 Å². The van der Waals surface area contributed by atoms with Crippen molar-refractivity contribution in [2.24, 2.45) is 0 Å². The van der Waals surface area contributed by atoms with Gasteiger partial charge in [-0.1, -0.05) is 50.2 Å². The molecule has 0 saturated carbocycles. The van der Waals surface area contributed by atoms with E-state index < -0.39 is 6.04 Å². The number of aryl methyl sites for hydroxylation is 1. The molecule has 2 rings (SSSR count). The van der Waals surface area contributed by atoms with E-state index in [1.165, 1.54) is 5.56 Å². The number of hydrogen-bond donors (Lipinski definition) is 2. The van der Waals surface area contributed by atoms with E-state index in [1.54, 1.807) is 6.07 Å². The number of nitrogens with zero attached hydrogens (tertiary/aromatic N) is 1. The zero-order valence-electron chi connectivity index (χ0n) is 13.9. The summed E-state index contributed by atoms with van der Waals surface area (Å²) in [6.45, 7) is 5.99. The Bertz CT molecular complexity index is 634. The van der Waals surface area contributed by atoms with Crippen LogP contribution in [0.2, 0.25) is 0 Å². The molecule has 0 aliphatic heterocycles. The van der Waals surface area contributed by atoms with E-state index in [0.717, 1.165) is 24.1 Å². The molecule has 1 heterocycles. The van der Waals surface area contributed by atoms with Crippen molar-refractivity contribution in [1.82, 2.24) is 10.5 Å². The fraction of sp³-hybridized carbons (Fsp3) is 0.444. The maximum Gasteiger partial charge on any atom is 0.290 e. The molecule has 0 aliphatic rings. The molecule has 2 unspecified atom stereocenters. The van der Waals surface area contributed by atoms with Crippen molar-refractivity contribution < 1.29 is 14.4 Å². The van der Waals surface area contributed by atoms with Crippen molar-refractivity contribution >= 4 is 5.91 Å². The lowest BCUT2D eigenvalue weighted by atomic mass is 10.0. The molecular formula is C18H24N2O3. The highest BCUT2D eigenvalue weighted by molar-refractivity contribution is 5.91. The molecule has 0 aliphatic carbocycles. The molecule has 23 heavy (non-hydrogen) atoms. The molecule has 2 aromatic rings. The smallest absolute Gasteiger partial charge is 0.290 e. The molecule has 1 aromatic heterocycles. The Morgan fingerprint density at radius 1 is 1.30 bits per heavy atom. The van der Waals surface area contributed by atoms with Crippen molar-refractivity contribution in [2.75, 3.05) is 6.61 Å². The third-order valence-corrected chi connectivity index (χ3v) is 4.15. The summed E-state index contributed by atoms with van der Waals surface area (Å²) in [5, 5.41) is 16.3. The van der Waals surface area contributed by atoms with Crippen molar-refractivity contribution in [2.45, 2.75) is 45.6 Å². The van der Waals surface area contributed by atoms with Crippen LogP contribution in [0.5, 0.6) is 0 Å². The van der Waals surface area contributed by atoms with E-state index in [1.807, 2.05) is 31.2 Å². The standard InChI is InChI=1S/C18H24N2O3/c1-4-12(3)15-10-17(23-20-15)18(22)19-16(11-21)14-8-6-13(5-2)7-9-14/h6-10,12,16,21H,4-5,11H2,1-3H3,(H,19,22). The quantitative estimate of drug-likeness (QED) is 0.822. The number of hydrogen-bond acceptors (Lipinski definition) is 4. The Balaban J connectivity index is 2.08. The first kappa shape index (κ1) is 17.2. The highest BCUT2D eigenvalue weighted by Crippen LogP contribution is 2.19. The average molecular weight is 316 g/mol. The fourth-order valence-electron chi connectivity index (χ4n) is 2.29. The molecular weight excluding hydrogens is 292 g/mol. The van der Waals surface area contributed by atoms with Crippen LogP contribution in [0, 0.1) is 0 Å². The Kier molecular flexibility index (Phi) is 5.93. The normalized spacial score (nSPS) is 13.6. The molecule has 0 spiro atoms. The molecule has 2 atom stereocenters. The Hall–Kier alpha value is -2.14. The third-order valence-electron chi connectivity index (χ3n) is 4.15. The molecule has 5 nitrogen and oxygen atoms in total. The van der Waals surface area contributed by atoms with Gasteiger partial charge in [-0.25, -0.2) is 0 Å². The van der Waals surface area contributed by atoms with Crippen LogP contribution in [0.4, 0.5) is 0 Å². The van der Waals surface area contributed by atoms with Crippen molar-refractivity contribution in [3.8, 4) is 0 Å². The van der Waals surface area contributed by atoms with E-state index in [9.17, 15) is 9.90 Å². The Labute approximate surface area is 136 Å². The van der Waals surface area contributed by atoms with Gasteiger partial charge in [0.1, 0.15) is 0 Å². The minimum absolute atomic E-state index is 0.170. The van der Waals surface area contributed by atoms with Gasteiger partial charge in [0.15, 0.2) is 0 Å². The van der Waals surface area contributed by atoms with Gasteiger partial charge in [-0.2, -0.15) is 0 Å². The van der Waals surface area contributed by atoms with Crippen molar-refractivity contribution in [3.05, 3.63) is 52.9 Å². The number of amides is 1. The SMILES string of the molecule is CCc1ccc(C(CO)NC(=O)c2cc(C(C)CC)no2)cc1. The Morgan fingerprint density at radius 2 is 2.00 bits per heavy atom. The molecule has 5 heteroatoms. The van der Waals surface area contributed by atoms with Crippen molar-refractivity contribution in [1.29, 1.82) is 0 Å². The first-order valence-electron chi connectivity index (χ1n) is 8.06. The van der Waals surface area contributed by atoms with Gasteiger partial charge in [-0.15, -0.1) is 0 Å². The summed E-state index contributed by atoms with van der Waals surface area (Å²) in [5.74, 6) is 0.0464. The van der Waals surface area contributed by atoms with E-state index in [4.69, 9.17) is 4.52 Å². The number of nitrogens with one attached hydrogen (secondary N) is 1. The lowest BCUT2D eigenvalue weighted by Gasteiger charge is -2.16. The average Bonchev–Trinajstić information content (AvgIpc) is 3.09. The molecule has 0 radical (unpaired) electrons. The topological polar surface area (TPSA) is 75.4 Å². The van der Waals surface area contributed by atoms with Crippen LogP contribution < -0.4 is 5.32 Å². The number of carbonyl (C=O) groups excluding carboxylic acids is 1. The number of aliphatic hydroxyl groups is 1. The summed E-state index contributed by atoms with van der Waals surface area (Å²) in [4.78, 5) is 12.3. The maximum atomic E-state index is 12.3. The number of aliphatic hydroxyl groups excluding tert-OH is 1. The summed E-state index contributed by atoms with van der Waals surface area (Å²) in [6, 6.07) is 9.04. The highest BCUT2D eigenvalue weighted by Gasteiger charge is 2.20. The van der Waals surface area contributed by atoms with Gasteiger partial charge >= 0.3 is 0 Å². The second-order valence-electron chi connectivity index (χ2n) is 5.73. The van der Waals surface area contributed by atoms with Gasteiger partial charge in [0.2, 0.25) is 5.76 Å². The van der Waals surface area contributed by atoms with Crippen molar-refractivity contribution in [3.63, 3.8) is 0 Å². The lowest BCUT2D eigenvalue weighted by molar-refractivity contribution is 0.0879. The monoisotopic (exact) mass is 316 g/mol. The molecule has 0 saturated heterocycles. The fourth-order valence-corrected chi connectivity index (χ4v) is 2.29. The number of carbonyl (C=O) groups is 1. The number of aromatic nitrogens is 1. The van der Waals surface area contributed by atoms with Gasteiger partial charge in [-0.05, 0) is 24.0 Å². The molecule has 0 fully saturated rings. The van der Waals surface area contributed by atoms with Gasteiger partial charge < -0.3 is 14.9 Å². The lowest BCUT2D eigenvalue weighted by Crippen LogP contribution is -2.30. The van der Waals surface area contributed by atoms with Gasteiger partial charge in [0.05, 0.1) is 18.3 Å². The summed E-state index contributed by atoms with van der Waals surface area (Å²) < 4.78 is 5.12. The Morgan fingerprint density at radius 3 is 2.57 bits per heavy atom. The van der Waals surface area contributed by atoms with Crippen LogP contribution in [0.15, 0.2) is 34.9 Å². The minimum atomic E-state index is -0.467. The summed E-state index contributed by atoms with van der Waals surface area (Å²) >= 11 is 0. The van der Waals surface area contributed by atoms with Gasteiger partial charge in [0.25, 0.3) is 5.91 Å². The van der Waals surface area contributed by atoms with E-state index in [2.05, 4.69) is 24.3 Å². The first-order chi connectivity index (χ1) is 11.1. The molecule has 124 valence electrons. The van der Waals surface area contributed by atoms with Crippen LogP contribution in [0.1, 0.15) is 66.5 Å². The van der Waals surface area contributed by atoms with Crippen LogP contribution in [0.25, 0.3) is 0 Å². The van der Waals surface area contributed by atoms with Crippen LogP contribution in [-0.2, 0) is 6.42 Å². The van der Waals surface area contributed by atoms with Crippen LogP contribution >= 0.6 is 0 Å². The zero-order valence-corrected chi connectivity index (χ0v) is 13.9. The molecule has 0 bridgehead atoms. The predicted molar refractivity (Wildman–Crippen MR) is 88.3 cm³/mol. The first-order valence-corrected chi connectivity index (χ1v) is 8.06. The van der Waals surface area contributed by atoms with Crippen LogP contribution in [0.3, 0.4) is 0 Å². The van der Waals surface area contributed by atoms with E-state index >= 15 is 0 Å². The second kappa shape index (κ2) is 7.92. The predicted octanol–water partition coefficient (Wildman–Crippen LogP) is 3.21. The molecule has 1 amide bonds. The summed E-state index contributed by atoms with van der Waals surface area (Å²) in [6.07, 6.45) is 1.88. The van der Waals surface area contributed by atoms with Crippen LogP contribution in [-0.4, -0.2) is 22.8 Å². The molecule has 1 aromatic carbocycles. The minimum Gasteiger partial charge on any atom is -0.394 e. The molecule has 2 N–H and O–H groups in total. The van der Waals surface area contributed by atoms with E-state index in [0.29, 0.717) is 0 Å².